The van der Waals surface area contributed by atoms with Gasteiger partial charge in [-0.3, -0.25) is 4.79 Å². The number of nitrogens with zero attached hydrogens (tertiary/aromatic N) is 2. The second kappa shape index (κ2) is 6.11. The lowest BCUT2D eigenvalue weighted by atomic mass is 10.2. The molecule has 0 saturated heterocycles. The predicted octanol–water partition coefficient (Wildman–Crippen LogP) is 4.10. The molecule has 2 N–H and O–H groups in total. The molecular formula is C19H14F2N4O. The van der Waals surface area contributed by atoms with Gasteiger partial charge >= 0.3 is 0 Å². The molecule has 26 heavy (non-hydrogen) atoms. The quantitative estimate of drug-likeness (QED) is 0.583. The van der Waals surface area contributed by atoms with Gasteiger partial charge in [0.25, 0.3) is 5.91 Å². The second-order valence-electron chi connectivity index (χ2n) is 5.90. The van der Waals surface area contributed by atoms with Gasteiger partial charge in [0.05, 0.1) is 16.6 Å². The maximum absolute atomic E-state index is 13.9. The number of imidazole rings is 1. The molecule has 0 radical (unpaired) electrons. The minimum Gasteiger partial charge on any atom is -0.347 e. The highest BCUT2D eigenvalue weighted by Gasteiger charge is 2.13. The largest absolute Gasteiger partial charge is 0.347 e. The van der Waals surface area contributed by atoms with Gasteiger partial charge in [-0.2, -0.15) is 0 Å². The molecule has 0 fully saturated rings. The van der Waals surface area contributed by atoms with E-state index in [9.17, 15) is 13.6 Å². The first-order chi connectivity index (χ1) is 12.5. The van der Waals surface area contributed by atoms with E-state index in [2.05, 4.69) is 15.3 Å². The number of carbonyl (C=O) groups is 1. The van der Waals surface area contributed by atoms with E-state index in [-0.39, 0.29) is 17.3 Å². The maximum atomic E-state index is 13.9. The van der Waals surface area contributed by atoms with Crippen LogP contribution in [0.15, 0.2) is 54.7 Å². The van der Waals surface area contributed by atoms with Gasteiger partial charge in [0.15, 0.2) is 0 Å². The summed E-state index contributed by atoms with van der Waals surface area (Å²) in [7, 11) is 1.78. The number of aromatic nitrogens is 3. The van der Waals surface area contributed by atoms with Crippen molar-refractivity contribution in [3.05, 3.63) is 72.1 Å². The summed E-state index contributed by atoms with van der Waals surface area (Å²) >= 11 is 0. The van der Waals surface area contributed by atoms with Crippen LogP contribution >= 0.6 is 0 Å². The molecule has 7 heteroatoms. The van der Waals surface area contributed by atoms with Crippen LogP contribution in [0.1, 0.15) is 10.5 Å². The first kappa shape index (κ1) is 16.0. The molecule has 0 unspecified atom stereocenters. The van der Waals surface area contributed by atoms with E-state index in [0.29, 0.717) is 22.4 Å². The summed E-state index contributed by atoms with van der Waals surface area (Å²) < 4.78 is 29.1. The summed E-state index contributed by atoms with van der Waals surface area (Å²) in [4.78, 5) is 19.5. The lowest BCUT2D eigenvalue weighted by Crippen LogP contribution is -2.15. The van der Waals surface area contributed by atoms with Crippen molar-refractivity contribution in [3.8, 4) is 11.4 Å². The zero-order valence-electron chi connectivity index (χ0n) is 13.8. The van der Waals surface area contributed by atoms with E-state index >= 15 is 0 Å². The summed E-state index contributed by atoms with van der Waals surface area (Å²) in [5.74, 6) is -1.13. The van der Waals surface area contributed by atoms with Gasteiger partial charge in [0, 0.05) is 18.9 Å². The Labute approximate surface area is 147 Å². The van der Waals surface area contributed by atoms with Crippen LogP contribution in [0.3, 0.4) is 0 Å². The smallest absolute Gasteiger partial charge is 0.272 e. The van der Waals surface area contributed by atoms with Gasteiger partial charge in [-0.1, -0.05) is 0 Å². The number of aromatic amines is 1. The van der Waals surface area contributed by atoms with E-state index in [1.165, 1.54) is 0 Å². The first-order valence-electron chi connectivity index (χ1n) is 7.89. The van der Waals surface area contributed by atoms with Gasteiger partial charge in [-0.15, -0.1) is 0 Å². The SMILES string of the molecule is Cn1cccc1C(=O)Nc1ccc2nc(-c3cc(F)ccc3F)[nH]c2c1. The molecule has 0 aliphatic heterocycles. The Morgan fingerprint density at radius 2 is 2.00 bits per heavy atom. The van der Waals surface area contributed by atoms with Gasteiger partial charge in [0.1, 0.15) is 23.2 Å². The van der Waals surface area contributed by atoms with Gasteiger partial charge < -0.3 is 14.9 Å². The number of rotatable bonds is 3. The van der Waals surface area contributed by atoms with Crippen molar-refractivity contribution in [1.82, 2.24) is 14.5 Å². The minimum absolute atomic E-state index is 0.0515. The first-order valence-corrected chi connectivity index (χ1v) is 7.89. The predicted molar refractivity (Wildman–Crippen MR) is 94.8 cm³/mol. The minimum atomic E-state index is -0.567. The van der Waals surface area contributed by atoms with Crippen LogP contribution in [-0.4, -0.2) is 20.4 Å². The zero-order chi connectivity index (χ0) is 18.3. The maximum Gasteiger partial charge on any atom is 0.272 e. The van der Waals surface area contributed by atoms with Crippen molar-refractivity contribution in [2.75, 3.05) is 5.32 Å². The van der Waals surface area contributed by atoms with Crippen molar-refractivity contribution in [2.45, 2.75) is 0 Å². The fraction of sp³-hybridized carbons (Fsp3) is 0.0526. The molecule has 0 aliphatic carbocycles. The number of amides is 1. The molecule has 4 aromatic rings. The van der Waals surface area contributed by atoms with E-state index in [1.807, 2.05) is 0 Å². The highest BCUT2D eigenvalue weighted by Crippen LogP contribution is 2.25. The van der Waals surface area contributed by atoms with Crippen molar-refractivity contribution in [1.29, 1.82) is 0 Å². The number of fused-ring (bicyclic) bond motifs is 1. The normalized spacial score (nSPS) is 11.0. The average molecular weight is 352 g/mol. The molecule has 0 saturated carbocycles. The summed E-state index contributed by atoms with van der Waals surface area (Å²) in [6.07, 6.45) is 1.78. The molecule has 2 aromatic heterocycles. The molecule has 0 aliphatic rings. The Kier molecular flexibility index (Phi) is 3.76. The molecule has 0 spiro atoms. The van der Waals surface area contributed by atoms with Gasteiger partial charge in [0.2, 0.25) is 0 Å². The number of nitrogens with one attached hydrogen (secondary N) is 2. The monoisotopic (exact) mass is 352 g/mol. The number of H-pyrrole nitrogens is 1. The van der Waals surface area contributed by atoms with Crippen LogP contribution < -0.4 is 5.32 Å². The van der Waals surface area contributed by atoms with Gasteiger partial charge in [-0.25, -0.2) is 13.8 Å². The molecule has 0 atom stereocenters. The van der Waals surface area contributed by atoms with Crippen molar-refractivity contribution < 1.29 is 13.6 Å². The Morgan fingerprint density at radius 3 is 2.77 bits per heavy atom. The summed E-state index contributed by atoms with van der Waals surface area (Å²) in [5, 5.41) is 2.81. The third-order valence-corrected chi connectivity index (χ3v) is 4.10. The number of carbonyl (C=O) groups excluding carboxylic acids is 1. The summed E-state index contributed by atoms with van der Waals surface area (Å²) in [6.45, 7) is 0. The van der Waals surface area contributed by atoms with E-state index in [0.717, 1.165) is 18.2 Å². The van der Waals surface area contributed by atoms with Crippen LogP contribution in [0.25, 0.3) is 22.4 Å². The Hall–Kier alpha value is -3.48. The van der Waals surface area contributed by atoms with Crippen LogP contribution in [0, 0.1) is 11.6 Å². The molecule has 2 heterocycles. The zero-order valence-corrected chi connectivity index (χ0v) is 13.8. The molecule has 130 valence electrons. The summed E-state index contributed by atoms with van der Waals surface area (Å²) in [5.41, 5.74) is 2.33. The third-order valence-electron chi connectivity index (χ3n) is 4.10. The van der Waals surface area contributed by atoms with Gasteiger partial charge in [-0.05, 0) is 48.5 Å². The Balaban J connectivity index is 1.67. The van der Waals surface area contributed by atoms with Crippen LogP contribution in [0.2, 0.25) is 0 Å². The van der Waals surface area contributed by atoms with Crippen molar-refractivity contribution >= 4 is 22.6 Å². The lowest BCUT2D eigenvalue weighted by Gasteiger charge is -2.06. The number of hydrogen-bond acceptors (Lipinski definition) is 2. The van der Waals surface area contributed by atoms with E-state index in [4.69, 9.17) is 0 Å². The number of anilines is 1. The number of hydrogen-bond donors (Lipinski definition) is 2. The van der Waals surface area contributed by atoms with Crippen LogP contribution in [0.5, 0.6) is 0 Å². The molecule has 4 rings (SSSR count). The molecule has 0 bridgehead atoms. The standard InChI is InChI=1S/C19H14F2N4O/c1-25-8-2-3-17(25)19(26)22-12-5-7-15-16(10-12)24-18(23-15)13-9-11(20)4-6-14(13)21/h2-10H,1H3,(H,22,26)(H,23,24). The highest BCUT2D eigenvalue weighted by molar-refractivity contribution is 6.04. The summed E-state index contributed by atoms with van der Waals surface area (Å²) in [6, 6.07) is 11.8. The second-order valence-corrected chi connectivity index (χ2v) is 5.90. The number of benzene rings is 2. The average Bonchev–Trinajstić information content (AvgIpc) is 3.22. The van der Waals surface area contributed by atoms with Crippen molar-refractivity contribution in [2.24, 2.45) is 7.05 Å². The Morgan fingerprint density at radius 1 is 1.15 bits per heavy atom. The fourth-order valence-corrected chi connectivity index (χ4v) is 2.79. The topological polar surface area (TPSA) is 62.7 Å². The van der Waals surface area contributed by atoms with E-state index < -0.39 is 11.6 Å². The molecule has 5 nitrogen and oxygen atoms in total. The Bertz CT molecular complexity index is 1130. The van der Waals surface area contributed by atoms with Crippen molar-refractivity contribution in [3.63, 3.8) is 0 Å². The molecule has 1 amide bonds. The molecular weight excluding hydrogens is 338 g/mol. The lowest BCUT2D eigenvalue weighted by molar-refractivity contribution is 0.101. The highest BCUT2D eigenvalue weighted by atomic mass is 19.1. The molecule has 2 aromatic carbocycles. The van der Waals surface area contributed by atoms with E-state index in [1.54, 1.807) is 48.1 Å². The third kappa shape index (κ3) is 2.83. The fourth-order valence-electron chi connectivity index (χ4n) is 2.79. The number of aryl methyl sites for hydroxylation is 1. The van der Waals surface area contributed by atoms with Crippen LogP contribution in [0.4, 0.5) is 14.5 Å². The number of halogens is 2. The van der Waals surface area contributed by atoms with Crippen LogP contribution in [-0.2, 0) is 7.05 Å².